The van der Waals surface area contributed by atoms with Gasteiger partial charge in [-0.15, -0.1) is 0 Å². The van der Waals surface area contributed by atoms with E-state index in [1.807, 2.05) is 0 Å². The minimum atomic E-state index is 0.447. The van der Waals surface area contributed by atoms with E-state index in [9.17, 15) is 0 Å². The van der Waals surface area contributed by atoms with Crippen molar-refractivity contribution in [1.29, 1.82) is 0 Å². The number of nitrogens with zero attached hydrogens (tertiary/aromatic N) is 1. The van der Waals surface area contributed by atoms with Crippen LogP contribution in [0.1, 0.15) is 19.8 Å². The summed E-state index contributed by atoms with van der Waals surface area (Å²) in [7, 11) is 5.95. The fourth-order valence-electron chi connectivity index (χ4n) is 0.891. The van der Waals surface area contributed by atoms with Crippen LogP contribution in [0.15, 0.2) is 0 Å². The van der Waals surface area contributed by atoms with Gasteiger partial charge in [0.05, 0.1) is 6.10 Å². The van der Waals surface area contributed by atoms with Crippen molar-refractivity contribution in [2.45, 2.75) is 25.9 Å². The van der Waals surface area contributed by atoms with Crippen LogP contribution in [0.2, 0.25) is 0 Å². The van der Waals surface area contributed by atoms with E-state index in [1.165, 1.54) is 0 Å². The molecule has 1 atom stereocenters. The average molecular weight is 145 g/mol. The van der Waals surface area contributed by atoms with Gasteiger partial charge in [-0.3, -0.25) is 0 Å². The standard InChI is InChI=1S/C8H19NO/c1-5-8(10-4)6-7-9(2)3/h8H,5-7H2,1-4H3. The van der Waals surface area contributed by atoms with Crippen LogP contribution >= 0.6 is 0 Å². The van der Waals surface area contributed by atoms with E-state index in [1.54, 1.807) is 7.11 Å². The Bertz CT molecular complexity index is 69.7. The molecular weight excluding hydrogens is 126 g/mol. The predicted octanol–water partition coefficient (Wildman–Crippen LogP) is 1.36. The van der Waals surface area contributed by atoms with Crippen LogP contribution in [0.25, 0.3) is 0 Å². The summed E-state index contributed by atoms with van der Waals surface area (Å²) in [6, 6.07) is 0. The summed E-state index contributed by atoms with van der Waals surface area (Å²) in [6.45, 7) is 3.27. The van der Waals surface area contributed by atoms with Crippen LogP contribution in [-0.4, -0.2) is 38.8 Å². The molecule has 0 radical (unpaired) electrons. The third-order valence-corrected chi connectivity index (χ3v) is 1.69. The fourth-order valence-corrected chi connectivity index (χ4v) is 0.891. The maximum atomic E-state index is 5.22. The molecule has 62 valence electrons. The first kappa shape index (κ1) is 9.92. The van der Waals surface area contributed by atoms with Gasteiger partial charge in [0.15, 0.2) is 0 Å². The SMILES string of the molecule is CCC(CCN(C)C)OC. The second kappa shape index (κ2) is 5.69. The first-order valence-electron chi connectivity index (χ1n) is 3.88. The van der Waals surface area contributed by atoms with Gasteiger partial charge in [-0.2, -0.15) is 0 Å². The molecule has 1 unspecified atom stereocenters. The highest BCUT2D eigenvalue weighted by Crippen LogP contribution is 2.01. The first-order chi connectivity index (χ1) is 4.70. The number of methoxy groups -OCH3 is 1. The van der Waals surface area contributed by atoms with Crippen molar-refractivity contribution in [1.82, 2.24) is 4.90 Å². The van der Waals surface area contributed by atoms with Crippen LogP contribution in [0.4, 0.5) is 0 Å². The molecule has 0 aliphatic rings. The molecule has 0 bridgehead atoms. The zero-order valence-corrected chi connectivity index (χ0v) is 7.55. The van der Waals surface area contributed by atoms with Crippen molar-refractivity contribution >= 4 is 0 Å². The van der Waals surface area contributed by atoms with Crippen molar-refractivity contribution < 1.29 is 4.74 Å². The summed E-state index contributed by atoms with van der Waals surface area (Å²) in [4.78, 5) is 2.18. The second-order valence-corrected chi connectivity index (χ2v) is 2.86. The van der Waals surface area contributed by atoms with Gasteiger partial charge in [0.25, 0.3) is 0 Å². The summed E-state index contributed by atoms with van der Waals surface area (Å²) < 4.78 is 5.22. The van der Waals surface area contributed by atoms with Gasteiger partial charge in [-0.25, -0.2) is 0 Å². The molecule has 0 aromatic rings. The van der Waals surface area contributed by atoms with E-state index >= 15 is 0 Å². The summed E-state index contributed by atoms with van der Waals surface area (Å²) >= 11 is 0. The minimum absolute atomic E-state index is 0.447. The number of ether oxygens (including phenoxy) is 1. The zero-order chi connectivity index (χ0) is 7.98. The molecule has 2 heteroatoms. The number of hydrogen-bond donors (Lipinski definition) is 0. The average Bonchev–Trinajstić information content (AvgIpc) is 1.90. The van der Waals surface area contributed by atoms with Crippen molar-refractivity contribution in [2.75, 3.05) is 27.7 Å². The highest BCUT2D eigenvalue weighted by Gasteiger charge is 2.03. The molecule has 0 saturated heterocycles. The van der Waals surface area contributed by atoms with Crippen LogP contribution < -0.4 is 0 Å². The Kier molecular flexibility index (Phi) is 5.64. The quantitative estimate of drug-likeness (QED) is 0.579. The lowest BCUT2D eigenvalue weighted by Gasteiger charge is -2.15. The Morgan fingerprint density at radius 3 is 2.30 bits per heavy atom. The third-order valence-electron chi connectivity index (χ3n) is 1.69. The topological polar surface area (TPSA) is 12.5 Å². The van der Waals surface area contributed by atoms with E-state index in [0.29, 0.717) is 6.10 Å². The molecule has 0 heterocycles. The van der Waals surface area contributed by atoms with Gasteiger partial charge in [0, 0.05) is 7.11 Å². The lowest BCUT2D eigenvalue weighted by atomic mass is 10.2. The molecule has 0 amide bonds. The van der Waals surface area contributed by atoms with Crippen LogP contribution in [0, 0.1) is 0 Å². The van der Waals surface area contributed by atoms with Gasteiger partial charge in [0.2, 0.25) is 0 Å². The molecule has 0 spiro atoms. The summed E-state index contributed by atoms with van der Waals surface area (Å²) in [5, 5.41) is 0. The lowest BCUT2D eigenvalue weighted by molar-refractivity contribution is 0.0854. The van der Waals surface area contributed by atoms with E-state index in [-0.39, 0.29) is 0 Å². The van der Waals surface area contributed by atoms with E-state index in [4.69, 9.17) is 4.74 Å². The molecule has 0 fully saturated rings. The molecule has 0 rings (SSSR count). The largest absolute Gasteiger partial charge is 0.381 e. The highest BCUT2D eigenvalue weighted by atomic mass is 16.5. The Morgan fingerprint density at radius 1 is 1.40 bits per heavy atom. The molecule has 2 nitrogen and oxygen atoms in total. The molecule has 0 aromatic carbocycles. The van der Waals surface area contributed by atoms with E-state index in [0.717, 1.165) is 19.4 Å². The Labute approximate surface area is 64.2 Å². The summed E-state index contributed by atoms with van der Waals surface area (Å²) in [6.07, 6.45) is 2.70. The minimum Gasteiger partial charge on any atom is -0.381 e. The van der Waals surface area contributed by atoms with Crippen LogP contribution in [-0.2, 0) is 4.74 Å². The maximum absolute atomic E-state index is 5.22. The van der Waals surface area contributed by atoms with Crippen molar-refractivity contribution in [3.05, 3.63) is 0 Å². The van der Waals surface area contributed by atoms with Gasteiger partial charge in [-0.05, 0) is 33.5 Å². The van der Waals surface area contributed by atoms with Crippen LogP contribution in [0.5, 0.6) is 0 Å². The van der Waals surface area contributed by atoms with Gasteiger partial charge < -0.3 is 9.64 Å². The second-order valence-electron chi connectivity index (χ2n) is 2.86. The zero-order valence-electron chi connectivity index (χ0n) is 7.55. The van der Waals surface area contributed by atoms with Crippen molar-refractivity contribution in [3.63, 3.8) is 0 Å². The molecule has 0 aliphatic carbocycles. The molecule has 0 saturated carbocycles. The smallest absolute Gasteiger partial charge is 0.0580 e. The normalized spacial score (nSPS) is 14.1. The van der Waals surface area contributed by atoms with Gasteiger partial charge >= 0.3 is 0 Å². The van der Waals surface area contributed by atoms with Crippen LogP contribution in [0.3, 0.4) is 0 Å². The lowest BCUT2D eigenvalue weighted by Crippen LogP contribution is -2.20. The Hall–Kier alpha value is -0.0800. The van der Waals surface area contributed by atoms with E-state index in [2.05, 4.69) is 25.9 Å². The third kappa shape index (κ3) is 4.77. The van der Waals surface area contributed by atoms with Crippen molar-refractivity contribution in [2.24, 2.45) is 0 Å². The van der Waals surface area contributed by atoms with Gasteiger partial charge in [0.1, 0.15) is 0 Å². The highest BCUT2D eigenvalue weighted by molar-refractivity contribution is 4.56. The molecular formula is C8H19NO. The first-order valence-corrected chi connectivity index (χ1v) is 3.88. The summed E-state index contributed by atoms with van der Waals surface area (Å²) in [5.74, 6) is 0. The number of hydrogen-bond acceptors (Lipinski definition) is 2. The number of rotatable bonds is 5. The molecule has 0 N–H and O–H groups in total. The molecule has 0 aromatic heterocycles. The van der Waals surface area contributed by atoms with E-state index < -0.39 is 0 Å². The van der Waals surface area contributed by atoms with Crippen molar-refractivity contribution in [3.8, 4) is 0 Å². The fraction of sp³-hybridized carbons (Fsp3) is 1.00. The Balaban J connectivity index is 3.26. The maximum Gasteiger partial charge on any atom is 0.0580 e. The Morgan fingerprint density at radius 2 is 2.00 bits per heavy atom. The summed E-state index contributed by atoms with van der Waals surface area (Å²) in [5.41, 5.74) is 0. The molecule has 0 aliphatic heterocycles. The molecule has 10 heavy (non-hydrogen) atoms. The van der Waals surface area contributed by atoms with Gasteiger partial charge in [-0.1, -0.05) is 6.92 Å². The predicted molar refractivity (Wildman–Crippen MR) is 44.3 cm³/mol. The monoisotopic (exact) mass is 145 g/mol.